The van der Waals surface area contributed by atoms with Gasteiger partial charge in [0.05, 0.1) is 33.9 Å². The van der Waals surface area contributed by atoms with Gasteiger partial charge in [-0.15, -0.1) is 5.24 Å². The van der Waals surface area contributed by atoms with Crippen LogP contribution in [0.25, 0.3) is 33.6 Å². The van der Waals surface area contributed by atoms with Crippen molar-refractivity contribution in [2.75, 3.05) is 0 Å². The fraction of sp³-hybridized carbons (Fsp3) is 0.429. The molecule has 0 saturated heterocycles. The Morgan fingerprint density at radius 3 is 1.39 bits per heavy atom. The molecule has 0 amide bonds. The molecule has 2 N–H and O–H groups in total. The van der Waals surface area contributed by atoms with E-state index >= 15 is 0 Å². The van der Waals surface area contributed by atoms with Gasteiger partial charge in [0.1, 0.15) is 0 Å². The third-order valence-corrected chi connectivity index (χ3v) is 8.56. The van der Waals surface area contributed by atoms with Gasteiger partial charge in [-0.05, 0) is 94.7 Å². The maximum absolute atomic E-state index is 11.7. The number of aromatic nitrogens is 4. The number of carboxylic acids is 1. The molecule has 1 atom stereocenters. The number of carbonyl (C=O) groups excluding carboxylic acids is 1. The van der Waals surface area contributed by atoms with Crippen LogP contribution in [0.4, 0.5) is 0 Å². The summed E-state index contributed by atoms with van der Waals surface area (Å²) in [4.78, 5) is 44.5. The zero-order valence-electron chi connectivity index (χ0n) is 33.8. The van der Waals surface area contributed by atoms with Crippen molar-refractivity contribution in [3.05, 3.63) is 106 Å². The molecule has 4 rings (SSSR count). The number of pyridine rings is 4. The van der Waals surface area contributed by atoms with Gasteiger partial charge >= 0.3 is 31.4 Å². The van der Waals surface area contributed by atoms with Crippen molar-refractivity contribution in [2.24, 2.45) is 0 Å². The smallest absolute Gasteiger partial charge is 0.753 e. The van der Waals surface area contributed by atoms with Crippen LogP contribution >= 0.6 is 33.8 Å². The summed E-state index contributed by atoms with van der Waals surface area (Å²) in [5.74, 6) is -1.82. The first-order valence-electron chi connectivity index (χ1n) is 19.4. The van der Waals surface area contributed by atoms with E-state index in [2.05, 4.69) is 87.3 Å². The number of isothiocyanates is 2. The monoisotopic (exact) mass is 918 g/mol. The largest absolute Gasteiger partial charge is 2.00 e. The van der Waals surface area contributed by atoms with E-state index in [4.69, 9.17) is 17.3 Å². The topological polar surface area (TPSA) is 172 Å². The first-order chi connectivity index (χ1) is 27.6. The molecule has 57 heavy (non-hydrogen) atoms. The second-order valence-electron chi connectivity index (χ2n) is 12.7. The van der Waals surface area contributed by atoms with E-state index in [0.717, 1.165) is 24.2 Å². The van der Waals surface area contributed by atoms with Crippen LogP contribution in [0.5, 0.6) is 0 Å². The molecule has 11 nitrogen and oxygen atoms in total. The molecule has 0 spiro atoms. The van der Waals surface area contributed by atoms with Crippen LogP contribution in [0, 0.1) is 0 Å². The number of nitrogens with one attached hydrogen (secondary N) is 1. The van der Waals surface area contributed by atoms with Crippen LogP contribution in [0.3, 0.4) is 0 Å². The quantitative estimate of drug-likeness (QED) is 0.0203. The number of carbonyl (C=O) groups is 2. The van der Waals surface area contributed by atoms with E-state index in [-0.39, 0.29) is 30.6 Å². The third kappa shape index (κ3) is 24.5. The van der Waals surface area contributed by atoms with E-state index in [9.17, 15) is 9.59 Å². The summed E-state index contributed by atoms with van der Waals surface area (Å²) in [5.41, 5.74) is 5.72. The predicted molar refractivity (Wildman–Crippen MR) is 235 cm³/mol. The number of aryl methyl sites for hydroxylation is 2. The molecule has 0 aliphatic heterocycles. The molecular weight excluding hydrogens is 863 g/mol. The van der Waals surface area contributed by atoms with Gasteiger partial charge in [-0.1, -0.05) is 115 Å². The van der Waals surface area contributed by atoms with E-state index in [1.165, 1.54) is 148 Å². The number of carboxylic acid groups (broad SMARTS) is 1. The van der Waals surface area contributed by atoms with Gasteiger partial charge in [0, 0.05) is 24.8 Å². The molecule has 4 aromatic heterocycles. The van der Waals surface area contributed by atoms with Crippen molar-refractivity contribution in [2.45, 2.75) is 117 Å². The first kappa shape index (κ1) is 51.2. The number of hydrogen-bond donors (Lipinski definition) is 2. The molecule has 15 heteroatoms. The number of rotatable bonds is 21. The van der Waals surface area contributed by atoms with Crippen molar-refractivity contribution in [3.63, 3.8) is 0 Å². The second-order valence-corrected chi connectivity index (χ2v) is 13.2. The summed E-state index contributed by atoms with van der Waals surface area (Å²) in [5, 5.41) is 26.3. The maximum Gasteiger partial charge on any atom is 2.00 e. The number of thiocarbonyl (C=S) groups is 2. The third-order valence-electron chi connectivity index (χ3n) is 8.45. The molecule has 0 aromatic carbocycles. The molecule has 1 unspecified atom stereocenters. The Hall–Kier alpha value is -3.85. The van der Waals surface area contributed by atoms with Gasteiger partial charge in [-0.3, -0.25) is 19.9 Å². The maximum atomic E-state index is 11.7. The van der Waals surface area contributed by atoms with Gasteiger partial charge in [0.25, 0.3) is 0 Å². The van der Waals surface area contributed by atoms with Crippen LogP contribution in [0.15, 0.2) is 73.3 Å². The van der Waals surface area contributed by atoms with Crippen LogP contribution in [-0.4, -0.2) is 47.3 Å². The van der Waals surface area contributed by atoms with Gasteiger partial charge < -0.3 is 20.8 Å². The molecule has 0 aliphatic rings. The van der Waals surface area contributed by atoms with Crippen molar-refractivity contribution >= 4 is 56.1 Å². The van der Waals surface area contributed by atoms with Crippen LogP contribution < -0.4 is 5.24 Å². The molecule has 4 heterocycles. The van der Waals surface area contributed by atoms with Crippen molar-refractivity contribution in [3.8, 4) is 22.8 Å². The fourth-order valence-electron chi connectivity index (χ4n) is 5.61. The van der Waals surface area contributed by atoms with Gasteiger partial charge in [-0.2, -0.15) is 10.3 Å². The van der Waals surface area contributed by atoms with Gasteiger partial charge in [0.15, 0.2) is 1.41 Å². The molecule has 306 valence electrons. The summed E-state index contributed by atoms with van der Waals surface area (Å²) < 4.78 is 7.01. The van der Waals surface area contributed by atoms with Crippen molar-refractivity contribution < 1.29 is 40.4 Å². The molecule has 0 bridgehead atoms. The average molecular weight is 918 g/mol. The van der Waals surface area contributed by atoms with E-state index in [1.54, 1.807) is 0 Å². The normalized spacial score (nSPS) is 10.0. The van der Waals surface area contributed by atoms with Crippen molar-refractivity contribution in [1.82, 2.24) is 25.2 Å². The van der Waals surface area contributed by atoms with Crippen LogP contribution in [-0.2, 0) is 37.2 Å². The minimum absolute atomic E-state index is 0. The van der Waals surface area contributed by atoms with Crippen LogP contribution in [0.1, 0.15) is 136 Å². The number of unbranched alkanes of at least 4 members (excludes halogenated alkanes) is 12. The first-order valence-corrected chi connectivity index (χ1v) is 20.3. The minimum Gasteiger partial charge on any atom is -0.753 e. The Balaban J connectivity index is 0.00000101. The Bertz CT molecular complexity index is 1760. The van der Waals surface area contributed by atoms with Gasteiger partial charge in [-0.25, -0.2) is 9.59 Å². The standard InChI is InChI=1S/C28H44N2.C12H10N3O4P.2CNS.Ru/c1-3-5-7-9-11-13-15-17-25-19-21-29-27(23-25)28-24-26(20-22-30-28)18-16-14-12-10-8-6-4-2;16-11(17)7-1-3-13-9(5-7)10-6-8(2-4-14-10)12(18)19-15-20;2*2-1-3;/h19-24H,3-18H2,1-2H3;1-6,15H,20H2,(H,16,17);;;/q;;2*-1;+2/i/hD. The molecule has 0 saturated carbocycles. The summed E-state index contributed by atoms with van der Waals surface area (Å²) in [6.07, 6.45) is 27.9. The predicted octanol–water partition coefficient (Wildman–Crippen LogP) is 11.3. The number of aromatic carboxylic acids is 1. The Labute approximate surface area is 365 Å². The van der Waals surface area contributed by atoms with E-state index in [1.807, 2.05) is 21.8 Å². The molecule has 4 aromatic rings. The molecule has 0 radical (unpaired) electrons. The van der Waals surface area contributed by atoms with Gasteiger partial charge in [0.2, 0.25) is 0 Å². The fourth-order valence-corrected chi connectivity index (χ4v) is 5.71. The summed E-state index contributed by atoms with van der Waals surface area (Å²) in [6, 6.07) is 14.4. The Morgan fingerprint density at radius 1 is 0.667 bits per heavy atom. The van der Waals surface area contributed by atoms with Crippen molar-refractivity contribution in [1.29, 1.82) is 0 Å². The number of hydrogen-bond acceptors (Lipinski definition) is 10. The summed E-state index contributed by atoms with van der Waals surface area (Å²) in [7, 11) is 1.87. The zero-order chi connectivity index (χ0) is 42.1. The van der Waals surface area contributed by atoms with E-state index in [0.29, 0.717) is 16.6 Å². The molecule has 0 fully saturated rings. The summed E-state index contributed by atoms with van der Waals surface area (Å²) in [6.45, 7) is 4.56. The Kier molecular flexibility index (Phi) is 31.7. The van der Waals surface area contributed by atoms with E-state index < -0.39 is 11.9 Å². The average Bonchev–Trinajstić information content (AvgIpc) is 3.21. The Morgan fingerprint density at radius 2 is 1.00 bits per heavy atom. The molecular formula is C42H54N7O4PRuS2. The SMILES string of the molecule is CCCCCCCCCc1ccnc(-c2cc(CCCCCCCCC)ccn2)c1.[2H]N(P)OC(=O)c1ccnc(-c2cc(C(=O)O)ccn2)c1.[N-]=C=S.[N-]=C=S.[Ru+2]. The minimum atomic E-state index is -1.08. The van der Waals surface area contributed by atoms with Crippen LogP contribution in [0.2, 0.25) is 1.41 Å². The second kappa shape index (κ2) is 35.3. The molecule has 0 aliphatic carbocycles. The number of nitrogens with zero attached hydrogens (tertiary/aromatic N) is 6. The zero-order valence-corrected chi connectivity index (χ0v) is 37.3. The summed E-state index contributed by atoms with van der Waals surface area (Å²) >= 11 is 7.40.